The zero-order valence-electron chi connectivity index (χ0n) is 16.8. The van der Waals surface area contributed by atoms with Gasteiger partial charge in [0.15, 0.2) is 5.75 Å². The van der Waals surface area contributed by atoms with Crippen LogP contribution in [0.1, 0.15) is 54.4 Å². The quantitative estimate of drug-likeness (QED) is 0.703. The molecule has 2 aromatic carbocycles. The second-order valence-corrected chi connectivity index (χ2v) is 8.47. The summed E-state index contributed by atoms with van der Waals surface area (Å²) in [6, 6.07) is 14.3. The second kappa shape index (κ2) is 8.25. The predicted molar refractivity (Wildman–Crippen MR) is 116 cm³/mol. The van der Waals surface area contributed by atoms with Gasteiger partial charge in [0.25, 0.3) is 5.91 Å². The summed E-state index contributed by atoms with van der Waals surface area (Å²) in [6.07, 6.45) is 6.51. The number of anilines is 1. The SMILES string of the molecule is COc1c(C(=O)NC23CCCC(CCC2)N3Cc2ccccc2)ccc(N)c1Cl. The van der Waals surface area contributed by atoms with Crippen LogP contribution in [0.15, 0.2) is 42.5 Å². The Balaban J connectivity index is 1.64. The third-order valence-electron chi connectivity index (χ3n) is 6.36. The zero-order valence-corrected chi connectivity index (χ0v) is 17.5. The van der Waals surface area contributed by atoms with Crippen LogP contribution in [0.3, 0.4) is 0 Å². The molecule has 2 aliphatic rings. The van der Waals surface area contributed by atoms with Gasteiger partial charge in [0.2, 0.25) is 0 Å². The number of nitrogen functional groups attached to an aromatic ring is 1. The molecular weight excluding hydrogens is 386 g/mol. The van der Waals surface area contributed by atoms with Gasteiger partial charge in [0.1, 0.15) is 5.02 Å². The summed E-state index contributed by atoms with van der Waals surface area (Å²) in [7, 11) is 1.51. The van der Waals surface area contributed by atoms with Crippen molar-refractivity contribution in [3.8, 4) is 5.75 Å². The Morgan fingerprint density at radius 2 is 1.90 bits per heavy atom. The third-order valence-corrected chi connectivity index (χ3v) is 6.75. The number of carbonyl (C=O) groups excluding carboxylic acids is 1. The number of benzene rings is 2. The standard InChI is InChI=1S/C23H28ClN3O2/c1-29-21-18(11-12-19(25)20(21)24)22(28)26-23-13-5-9-17(10-6-14-23)27(23)15-16-7-3-2-4-8-16/h2-4,7-8,11-12,17H,5-6,9-10,13-15,25H2,1H3,(H,26,28). The van der Waals surface area contributed by atoms with E-state index in [-0.39, 0.29) is 16.6 Å². The van der Waals surface area contributed by atoms with Gasteiger partial charge in [-0.1, -0.05) is 41.9 Å². The lowest BCUT2D eigenvalue weighted by molar-refractivity contribution is -0.0623. The molecule has 2 bridgehead atoms. The summed E-state index contributed by atoms with van der Waals surface area (Å²) in [5, 5.41) is 3.66. The highest BCUT2D eigenvalue weighted by atomic mass is 35.5. The van der Waals surface area contributed by atoms with Gasteiger partial charge in [-0.3, -0.25) is 9.69 Å². The first kappa shape index (κ1) is 20.0. The highest BCUT2D eigenvalue weighted by Gasteiger charge is 2.47. The highest BCUT2D eigenvalue weighted by Crippen LogP contribution is 2.42. The van der Waals surface area contributed by atoms with E-state index in [4.69, 9.17) is 22.1 Å². The molecule has 154 valence electrons. The van der Waals surface area contributed by atoms with Gasteiger partial charge in [0, 0.05) is 12.6 Å². The van der Waals surface area contributed by atoms with Crippen LogP contribution in [0.25, 0.3) is 0 Å². The van der Waals surface area contributed by atoms with E-state index >= 15 is 0 Å². The largest absolute Gasteiger partial charge is 0.494 e. The molecule has 0 aliphatic carbocycles. The predicted octanol–water partition coefficient (Wildman–Crippen LogP) is 4.60. The Kier molecular flexibility index (Phi) is 5.70. The number of methoxy groups -OCH3 is 1. The van der Waals surface area contributed by atoms with Crippen molar-refractivity contribution in [2.45, 2.75) is 56.8 Å². The molecule has 3 N–H and O–H groups in total. The van der Waals surface area contributed by atoms with Crippen LogP contribution in [0.4, 0.5) is 5.69 Å². The first-order chi connectivity index (χ1) is 14.0. The van der Waals surface area contributed by atoms with Crippen LogP contribution in [0.5, 0.6) is 5.75 Å². The average molecular weight is 414 g/mol. The molecule has 0 atom stereocenters. The summed E-state index contributed by atoms with van der Waals surface area (Å²) in [4.78, 5) is 15.8. The van der Waals surface area contributed by atoms with E-state index < -0.39 is 0 Å². The van der Waals surface area contributed by atoms with E-state index in [1.165, 1.54) is 25.5 Å². The molecule has 1 amide bonds. The highest BCUT2D eigenvalue weighted by molar-refractivity contribution is 6.35. The minimum Gasteiger partial charge on any atom is -0.494 e. The number of carbonyl (C=O) groups is 1. The molecule has 6 heteroatoms. The molecule has 2 saturated heterocycles. The Labute approximate surface area is 177 Å². The molecule has 5 nitrogen and oxygen atoms in total. The van der Waals surface area contributed by atoms with Gasteiger partial charge in [-0.15, -0.1) is 0 Å². The topological polar surface area (TPSA) is 67.6 Å². The summed E-state index contributed by atoms with van der Waals surface area (Å²) in [5.41, 5.74) is 7.64. The molecular formula is C23H28ClN3O2. The average Bonchev–Trinajstić information content (AvgIpc) is 2.71. The van der Waals surface area contributed by atoms with Crippen LogP contribution in [0, 0.1) is 0 Å². The monoisotopic (exact) mass is 413 g/mol. The number of halogens is 1. The first-order valence-corrected chi connectivity index (χ1v) is 10.7. The number of nitrogens with two attached hydrogens (primary N) is 1. The fraction of sp³-hybridized carbons (Fsp3) is 0.435. The van der Waals surface area contributed by atoms with Crippen LogP contribution in [-0.4, -0.2) is 29.6 Å². The van der Waals surface area contributed by atoms with E-state index in [0.29, 0.717) is 23.0 Å². The Bertz CT molecular complexity index is 877. The van der Waals surface area contributed by atoms with E-state index in [0.717, 1.165) is 32.2 Å². The van der Waals surface area contributed by atoms with E-state index in [2.05, 4.69) is 34.5 Å². The normalized spacial score (nSPS) is 24.1. The summed E-state index contributed by atoms with van der Waals surface area (Å²) in [5.74, 6) is 0.169. The number of hydrogen-bond acceptors (Lipinski definition) is 4. The summed E-state index contributed by atoms with van der Waals surface area (Å²) in [6.45, 7) is 0.839. The molecule has 0 unspecified atom stereocenters. The third kappa shape index (κ3) is 3.81. The van der Waals surface area contributed by atoms with Crippen molar-refractivity contribution in [3.05, 3.63) is 58.6 Å². The smallest absolute Gasteiger partial charge is 0.256 e. The van der Waals surface area contributed by atoms with Crippen LogP contribution in [0.2, 0.25) is 5.02 Å². The fourth-order valence-electron chi connectivity index (χ4n) is 4.96. The van der Waals surface area contributed by atoms with Gasteiger partial charge in [0.05, 0.1) is 24.0 Å². The number of nitrogens with one attached hydrogen (secondary N) is 1. The maximum absolute atomic E-state index is 13.3. The Morgan fingerprint density at radius 1 is 1.21 bits per heavy atom. The molecule has 2 fully saturated rings. The van der Waals surface area contributed by atoms with Gasteiger partial charge >= 0.3 is 0 Å². The first-order valence-electron chi connectivity index (χ1n) is 10.3. The van der Waals surface area contributed by atoms with Crippen molar-refractivity contribution in [2.75, 3.05) is 12.8 Å². The molecule has 0 radical (unpaired) electrons. The number of ether oxygens (including phenoxy) is 1. The molecule has 2 aliphatic heterocycles. The number of nitrogens with zero attached hydrogens (tertiary/aromatic N) is 1. The van der Waals surface area contributed by atoms with Crippen molar-refractivity contribution < 1.29 is 9.53 Å². The van der Waals surface area contributed by atoms with Crippen molar-refractivity contribution in [3.63, 3.8) is 0 Å². The molecule has 4 rings (SSSR count). The molecule has 2 aromatic rings. The number of piperidine rings is 2. The minimum atomic E-state index is -0.340. The lowest BCUT2D eigenvalue weighted by Gasteiger charge is -2.55. The van der Waals surface area contributed by atoms with Crippen LogP contribution in [-0.2, 0) is 6.54 Å². The van der Waals surface area contributed by atoms with Crippen molar-refractivity contribution in [1.29, 1.82) is 0 Å². The molecule has 29 heavy (non-hydrogen) atoms. The van der Waals surface area contributed by atoms with Crippen molar-refractivity contribution in [2.24, 2.45) is 0 Å². The van der Waals surface area contributed by atoms with Gasteiger partial charge < -0.3 is 15.8 Å². The molecule has 0 aromatic heterocycles. The number of amides is 1. The van der Waals surface area contributed by atoms with Gasteiger partial charge in [-0.2, -0.15) is 0 Å². The van der Waals surface area contributed by atoms with Gasteiger partial charge in [-0.05, 0) is 56.2 Å². The molecule has 0 saturated carbocycles. The Morgan fingerprint density at radius 3 is 2.55 bits per heavy atom. The summed E-state index contributed by atoms with van der Waals surface area (Å²) < 4.78 is 5.41. The second-order valence-electron chi connectivity index (χ2n) is 8.09. The minimum absolute atomic E-state index is 0.163. The van der Waals surface area contributed by atoms with E-state index in [1.54, 1.807) is 12.1 Å². The van der Waals surface area contributed by atoms with Crippen molar-refractivity contribution >= 4 is 23.2 Å². The molecule has 0 spiro atoms. The maximum atomic E-state index is 13.3. The lowest BCUT2D eigenvalue weighted by atomic mass is 9.79. The number of fused-ring (bicyclic) bond motifs is 2. The maximum Gasteiger partial charge on any atom is 0.256 e. The molecule has 2 heterocycles. The van der Waals surface area contributed by atoms with Crippen LogP contribution < -0.4 is 15.8 Å². The van der Waals surface area contributed by atoms with E-state index in [9.17, 15) is 4.79 Å². The van der Waals surface area contributed by atoms with Crippen LogP contribution >= 0.6 is 11.6 Å². The Hall–Kier alpha value is -2.24. The van der Waals surface area contributed by atoms with E-state index in [1.807, 2.05) is 6.07 Å². The zero-order chi connectivity index (χ0) is 20.4. The lowest BCUT2D eigenvalue weighted by Crippen LogP contribution is -2.67. The fourth-order valence-corrected chi connectivity index (χ4v) is 5.21. The number of hydrogen-bond donors (Lipinski definition) is 2. The van der Waals surface area contributed by atoms with Crippen molar-refractivity contribution in [1.82, 2.24) is 10.2 Å². The number of rotatable bonds is 5. The van der Waals surface area contributed by atoms with Gasteiger partial charge in [-0.25, -0.2) is 0 Å². The summed E-state index contributed by atoms with van der Waals surface area (Å²) >= 11 is 6.28.